The Bertz CT molecular complexity index is 1260. The van der Waals surface area contributed by atoms with E-state index in [1.165, 1.54) is 0 Å². The average molecular weight is 449 g/mol. The summed E-state index contributed by atoms with van der Waals surface area (Å²) in [6, 6.07) is 18.9. The Hall–Kier alpha value is -2.96. The van der Waals surface area contributed by atoms with Gasteiger partial charge in [0.25, 0.3) is 5.91 Å². The second kappa shape index (κ2) is 8.52. The van der Waals surface area contributed by atoms with Crippen LogP contribution in [0.2, 0.25) is 0 Å². The number of aryl methyl sites for hydroxylation is 3. The van der Waals surface area contributed by atoms with E-state index in [-0.39, 0.29) is 18.5 Å². The maximum Gasteiger partial charge on any atom is 0.258 e. The standard InChI is InChI=1S/C26H28N2O3S/c1-17-12-18(2)25(19(3)13-17)32(30,31)27-16-21-10-11-23-14-20(4)28(24(23)15-21)26(29)22-8-6-5-7-9-22/h5-13,15,20,27H,14,16H2,1-4H3. The van der Waals surface area contributed by atoms with Gasteiger partial charge in [0, 0.05) is 23.8 Å². The molecule has 0 saturated heterocycles. The van der Waals surface area contributed by atoms with Gasteiger partial charge in [-0.1, -0.05) is 48.0 Å². The van der Waals surface area contributed by atoms with Gasteiger partial charge in [0.15, 0.2) is 0 Å². The molecule has 1 atom stereocenters. The molecule has 0 spiro atoms. The first-order chi connectivity index (χ1) is 15.2. The van der Waals surface area contributed by atoms with E-state index < -0.39 is 10.0 Å². The van der Waals surface area contributed by atoms with Crippen molar-refractivity contribution >= 4 is 21.6 Å². The van der Waals surface area contributed by atoms with E-state index in [1.807, 2.05) is 93.3 Å². The van der Waals surface area contributed by atoms with Crippen molar-refractivity contribution in [2.45, 2.75) is 51.6 Å². The van der Waals surface area contributed by atoms with Gasteiger partial charge in [-0.15, -0.1) is 0 Å². The number of benzene rings is 3. The van der Waals surface area contributed by atoms with Crippen LogP contribution >= 0.6 is 0 Å². The summed E-state index contributed by atoms with van der Waals surface area (Å²) in [5, 5.41) is 0. The molecular weight excluding hydrogens is 420 g/mol. The van der Waals surface area contributed by atoms with Gasteiger partial charge < -0.3 is 4.90 Å². The molecule has 1 amide bonds. The summed E-state index contributed by atoms with van der Waals surface area (Å²) in [5.74, 6) is -0.0412. The third kappa shape index (κ3) is 4.20. The molecule has 1 N–H and O–H groups in total. The van der Waals surface area contributed by atoms with Crippen molar-refractivity contribution in [2.24, 2.45) is 0 Å². The zero-order valence-corrected chi connectivity index (χ0v) is 19.7. The molecule has 0 bridgehead atoms. The molecule has 4 rings (SSSR count). The summed E-state index contributed by atoms with van der Waals surface area (Å²) < 4.78 is 28.8. The lowest BCUT2D eigenvalue weighted by Gasteiger charge is -2.23. The Morgan fingerprint density at radius 3 is 2.31 bits per heavy atom. The molecule has 0 aliphatic carbocycles. The smallest absolute Gasteiger partial charge is 0.258 e. The molecule has 3 aromatic rings. The number of hydrogen-bond donors (Lipinski definition) is 1. The first-order valence-corrected chi connectivity index (χ1v) is 12.2. The van der Waals surface area contributed by atoms with E-state index in [0.717, 1.165) is 39.9 Å². The van der Waals surface area contributed by atoms with Gasteiger partial charge in [-0.05, 0) is 74.6 Å². The minimum atomic E-state index is -3.66. The van der Waals surface area contributed by atoms with Crippen LogP contribution in [0.4, 0.5) is 5.69 Å². The van der Waals surface area contributed by atoms with Crippen molar-refractivity contribution < 1.29 is 13.2 Å². The lowest BCUT2D eigenvalue weighted by molar-refractivity contribution is 0.0981. The van der Waals surface area contributed by atoms with Gasteiger partial charge in [-0.25, -0.2) is 13.1 Å². The zero-order chi connectivity index (χ0) is 23.0. The van der Waals surface area contributed by atoms with Crippen LogP contribution in [0.25, 0.3) is 0 Å². The third-order valence-corrected chi connectivity index (χ3v) is 7.65. The first kappa shape index (κ1) is 22.2. The maximum atomic E-state index is 13.2. The highest BCUT2D eigenvalue weighted by Gasteiger charge is 2.31. The first-order valence-electron chi connectivity index (χ1n) is 10.8. The predicted octanol–water partition coefficient (Wildman–Crippen LogP) is 4.68. The lowest BCUT2D eigenvalue weighted by atomic mass is 10.1. The van der Waals surface area contributed by atoms with Crippen LogP contribution in [-0.2, 0) is 23.0 Å². The normalized spacial score (nSPS) is 15.6. The van der Waals surface area contributed by atoms with Crippen molar-refractivity contribution in [3.63, 3.8) is 0 Å². The van der Waals surface area contributed by atoms with E-state index >= 15 is 0 Å². The number of fused-ring (bicyclic) bond motifs is 1. The van der Waals surface area contributed by atoms with E-state index in [9.17, 15) is 13.2 Å². The van der Waals surface area contributed by atoms with Crippen LogP contribution in [0.1, 0.15) is 45.1 Å². The summed E-state index contributed by atoms with van der Waals surface area (Å²) in [6.07, 6.45) is 0.779. The second-order valence-electron chi connectivity index (χ2n) is 8.61. The molecule has 1 aliphatic rings. The highest BCUT2D eigenvalue weighted by Crippen LogP contribution is 2.34. The quantitative estimate of drug-likeness (QED) is 0.616. The number of anilines is 1. The number of nitrogens with one attached hydrogen (secondary N) is 1. The van der Waals surface area contributed by atoms with Gasteiger partial charge in [-0.2, -0.15) is 0 Å². The summed E-state index contributed by atoms with van der Waals surface area (Å²) in [4.78, 5) is 15.3. The molecule has 1 heterocycles. The van der Waals surface area contributed by atoms with E-state index in [0.29, 0.717) is 10.5 Å². The number of carbonyl (C=O) groups excluding carboxylic acids is 1. The van der Waals surface area contributed by atoms with Crippen molar-refractivity contribution in [3.05, 3.63) is 94.0 Å². The molecule has 0 fully saturated rings. The number of amides is 1. The molecule has 0 saturated carbocycles. The van der Waals surface area contributed by atoms with Crippen LogP contribution in [0, 0.1) is 20.8 Å². The van der Waals surface area contributed by atoms with Gasteiger partial charge in [0.1, 0.15) is 0 Å². The van der Waals surface area contributed by atoms with Crippen LogP contribution in [0.3, 0.4) is 0 Å². The highest BCUT2D eigenvalue weighted by molar-refractivity contribution is 7.89. The van der Waals surface area contributed by atoms with Crippen LogP contribution in [0.15, 0.2) is 65.6 Å². The monoisotopic (exact) mass is 448 g/mol. The van der Waals surface area contributed by atoms with E-state index in [4.69, 9.17) is 0 Å². The van der Waals surface area contributed by atoms with Gasteiger partial charge in [0.05, 0.1) is 4.90 Å². The molecule has 1 unspecified atom stereocenters. The predicted molar refractivity (Wildman–Crippen MR) is 128 cm³/mol. The lowest BCUT2D eigenvalue weighted by Crippen LogP contribution is -2.35. The molecule has 3 aromatic carbocycles. The molecular formula is C26H28N2O3S. The fourth-order valence-corrected chi connectivity index (χ4v) is 6.10. The highest BCUT2D eigenvalue weighted by atomic mass is 32.2. The number of sulfonamides is 1. The van der Waals surface area contributed by atoms with E-state index in [2.05, 4.69) is 4.72 Å². The molecule has 0 radical (unpaired) electrons. The Balaban J connectivity index is 1.59. The van der Waals surface area contributed by atoms with Crippen molar-refractivity contribution in [1.82, 2.24) is 4.72 Å². The van der Waals surface area contributed by atoms with Gasteiger partial charge >= 0.3 is 0 Å². The SMILES string of the molecule is Cc1cc(C)c(S(=O)(=O)NCc2ccc3c(c2)N(C(=O)c2ccccc2)C(C)C3)c(C)c1. The molecule has 5 nitrogen and oxygen atoms in total. The van der Waals surface area contributed by atoms with Gasteiger partial charge in [0.2, 0.25) is 10.0 Å². The summed E-state index contributed by atoms with van der Waals surface area (Å²) in [5.41, 5.74) is 5.91. The molecule has 1 aliphatic heterocycles. The molecule has 166 valence electrons. The fraction of sp³-hybridized carbons (Fsp3) is 0.269. The summed E-state index contributed by atoms with van der Waals surface area (Å²) in [6.45, 7) is 7.78. The number of hydrogen-bond acceptors (Lipinski definition) is 3. The van der Waals surface area contributed by atoms with E-state index in [1.54, 1.807) is 0 Å². The topological polar surface area (TPSA) is 66.5 Å². The minimum Gasteiger partial charge on any atom is -0.305 e. The minimum absolute atomic E-state index is 0.0412. The van der Waals surface area contributed by atoms with Crippen LogP contribution in [-0.4, -0.2) is 20.4 Å². The molecule has 32 heavy (non-hydrogen) atoms. The molecule has 0 aromatic heterocycles. The van der Waals surface area contributed by atoms with Gasteiger partial charge in [-0.3, -0.25) is 4.79 Å². The summed E-state index contributed by atoms with van der Waals surface area (Å²) in [7, 11) is -3.66. The third-order valence-electron chi connectivity index (χ3n) is 5.94. The fourth-order valence-electron chi connectivity index (χ4n) is 4.63. The largest absolute Gasteiger partial charge is 0.305 e. The van der Waals surface area contributed by atoms with Crippen molar-refractivity contribution in [1.29, 1.82) is 0 Å². The number of rotatable bonds is 5. The number of nitrogens with zero attached hydrogens (tertiary/aromatic N) is 1. The average Bonchev–Trinajstić information content (AvgIpc) is 3.06. The van der Waals surface area contributed by atoms with Crippen molar-refractivity contribution in [2.75, 3.05) is 4.90 Å². The number of carbonyl (C=O) groups is 1. The Labute approximate surface area is 190 Å². The van der Waals surface area contributed by atoms with Crippen molar-refractivity contribution in [3.8, 4) is 0 Å². The molecule has 6 heteroatoms. The van der Waals surface area contributed by atoms with Crippen LogP contribution < -0.4 is 9.62 Å². The Morgan fingerprint density at radius 1 is 1.00 bits per heavy atom. The van der Waals surface area contributed by atoms with Crippen LogP contribution in [0.5, 0.6) is 0 Å². The zero-order valence-electron chi connectivity index (χ0n) is 18.8. The summed E-state index contributed by atoms with van der Waals surface area (Å²) >= 11 is 0. The Morgan fingerprint density at radius 2 is 1.66 bits per heavy atom. The Kier molecular flexibility index (Phi) is 5.93. The maximum absolute atomic E-state index is 13.2. The second-order valence-corrected chi connectivity index (χ2v) is 10.3.